The van der Waals surface area contributed by atoms with Crippen LogP contribution in [-0.4, -0.2) is 45.7 Å². The van der Waals surface area contributed by atoms with Gasteiger partial charge in [-0.25, -0.2) is 4.79 Å². The van der Waals surface area contributed by atoms with Crippen LogP contribution in [0.4, 0.5) is 4.79 Å². The minimum absolute atomic E-state index is 0.0609. The molecule has 0 spiro atoms. The lowest BCUT2D eigenvalue weighted by Gasteiger charge is -2.22. The molecule has 2 aromatic rings. The Labute approximate surface area is 162 Å². The van der Waals surface area contributed by atoms with Crippen molar-refractivity contribution >= 4 is 6.03 Å². The molecule has 1 aromatic heterocycles. The third-order valence-corrected chi connectivity index (χ3v) is 5.05. The SMILES string of the molecule is CCCn1cc(CNC(=O)N(C)Cc2ccccc2CN2CCCC2)cn1. The lowest BCUT2D eigenvalue weighted by atomic mass is 10.1. The van der Waals surface area contributed by atoms with Crippen LogP contribution in [0.1, 0.15) is 42.9 Å². The summed E-state index contributed by atoms with van der Waals surface area (Å²) in [6, 6.07) is 8.39. The predicted molar refractivity (Wildman–Crippen MR) is 107 cm³/mol. The van der Waals surface area contributed by atoms with Gasteiger partial charge >= 0.3 is 6.03 Å². The average Bonchev–Trinajstić information content (AvgIpc) is 3.33. The van der Waals surface area contributed by atoms with E-state index in [1.165, 1.54) is 37.1 Å². The Hall–Kier alpha value is -2.34. The van der Waals surface area contributed by atoms with Crippen LogP contribution >= 0.6 is 0 Å². The van der Waals surface area contributed by atoms with Gasteiger partial charge in [-0.1, -0.05) is 31.2 Å². The molecule has 0 saturated carbocycles. The molecule has 0 radical (unpaired) electrons. The second-order valence-electron chi connectivity index (χ2n) is 7.38. The Morgan fingerprint density at radius 1 is 1.22 bits per heavy atom. The fourth-order valence-corrected chi connectivity index (χ4v) is 3.54. The molecule has 1 aliphatic rings. The number of aryl methyl sites for hydroxylation is 1. The zero-order chi connectivity index (χ0) is 19.1. The normalized spacial score (nSPS) is 14.4. The third-order valence-electron chi connectivity index (χ3n) is 5.05. The highest BCUT2D eigenvalue weighted by atomic mass is 16.2. The largest absolute Gasteiger partial charge is 0.334 e. The first-order valence-corrected chi connectivity index (χ1v) is 9.95. The highest BCUT2D eigenvalue weighted by molar-refractivity contribution is 5.73. The topological polar surface area (TPSA) is 53.4 Å². The van der Waals surface area contributed by atoms with Gasteiger partial charge in [0.25, 0.3) is 0 Å². The molecule has 1 N–H and O–H groups in total. The molecule has 1 saturated heterocycles. The summed E-state index contributed by atoms with van der Waals surface area (Å²) in [6.45, 7) is 7.48. The molecular formula is C21H31N5O. The Morgan fingerprint density at radius 3 is 2.70 bits per heavy atom. The van der Waals surface area contributed by atoms with Crippen molar-refractivity contribution in [3.63, 3.8) is 0 Å². The fourth-order valence-electron chi connectivity index (χ4n) is 3.54. The first-order chi connectivity index (χ1) is 13.2. The number of nitrogens with one attached hydrogen (secondary N) is 1. The molecule has 0 atom stereocenters. The maximum Gasteiger partial charge on any atom is 0.317 e. The molecular weight excluding hydrogens is 338 g/mol. The third kappa shape index (κ3) is 5.57. The van der Waals surface area contributed by atoms with Crippen LogP contribution in [0.15, 0.2) is 36.7 Å². The standard InChI is InChI=1S/C21H31N5O/c1-3-10-26-15-18(14-23-26)13-22-21(27)24(2)16-19-8-4-5-9-20(19)17-25-11-6-7-12-25/h4-5,8-9,14-15H,3,6-7,10-13,16-17H2,1-2H3,(H,22,27). The van der Waals surface area contributed by atoms with Gasteiger partial charge in [-0.3, -0.25) is 9.58 Å². The molecule has 1 aromatic carbocycles. The van der Waals surface area contributed by atoms with E-state index in [0.29, 0.717) is 13.1 Å². The predicted octanol–water partition coefficient (Wildman–Crippen LogP) is 3.23. The van der Waals surface area contributed by atoms with Crippen molar-refractivity contribution in [1.82, 2.24) is 24.9 Å². The minimum atomic E-state index is -0.0609. The lowest BCUT2D eigenvalue weighted by Crippen LogP contribution is -2.36. The zero-order valence-electron chi connectivity index (χ0n) is 16.5. The molecule has 0 unspecified atom stereocenters. The number of aromatic nitrogens is 2. The number of nitrogens with zero attached hydrogens (tertiary/aromatic N) is 4. The second-order valence-corrected chi connectivity index (χ2v) is 7.38. The molecule has 2 heterocycles. The van der Waals surface area contributed by atoms with E-state index in [1.807, 2.05) is 24.1 Å². The van der Waals surface area contributed by atoms with Crippen molar-refractivity contribution < 1.29 is 4.79 Å². The zero-order valence-corrected chi connectivity index (χ0v) is 16.5. The van der Waals surface area contributed by atoms with Gasteiger partial charge in [0.2, 0.25) is 0 Å². The van der Waals surface area contributed by atoms with Crippen molar-refractivity contribution in [1.29, 1.82) is 0 Å². The number of hydrogen-bond donors (Lipinski definition) is 1. The summed E-state index contributed by atoms with van der Waals surface area (Å²) >= 11 is 0. The van der Waals surface area contributed by atoms with Crippen LogP contribution in [-0.2, 0) is 26.2 Å². The molecule has 0 bridgehead atoms. The van der Waals surface area contributed by atoms with Crippen molar-refractivity contribution in [2.75, 3.05) is 20.1 Å². The molecule has 146 valence electrons. The molecule has 1 aliphatic heterocycles. The van der Waals surface area contributed by atoms with Gasteiger partial charge in [0.05, 0.1) is 6.20 Å². The summed E-state index contributed by atoms with van der Waals surface area (Å²) in [5.74, 6) is 0. The number of amides is 2. The van der Waals surface area contributed by atoms with Gasteiger partial charge in [0, 0.05) is 45.0 Å². The maximum absolute atomic E-state index is 12.5. The highest BCUT2D eigenvalue weighted by Gasteiger charge is 2.15. The van der Waals surface area contributed by atoms with E-state index in [4.69, 9.17) is 0 Å². The molecule has 2 amide bonds. The summed E-state index contributed by atoms with van der Waals surface area (Å²) in [5, 5.41) is 7.29. The molecule has 3 rings (SSSR count). The van der Waals surface area contributed by atoms with E-state index in [9.17, 15) is 4.79 Å². The first kappa shape index (κ1) is 19.4. The first-order valence-electron chi connectivity index (χ1n) is 9.95. The van der Waals surface area contributed by atoms with Gasteiger partial charge in [0.15, 0.2) is 0 Å². The van der Waals surface area contributed by atoms with Gasteiger partial charge in [-0.2, -0.15) is 5.10 Å². The van der Waals surface area contributed by atoms with Gasteiger partial charge in [-0.15, -0.1) is 0 Å². The number of urea groups is 1. The van der Waals surface area contributed by atoms with E-state index < -0.39 is 0 Å². The number of rotatable bonds is 8. The van der Waals surface area contributed by atoms with Crippen LogP contribution in [0.2, 0.25) is 0 Å². The van der Waals surface area contributed by atoms with Crippen LogP contribution in [0.25, 0.3) is 0 Å². The van der Waals surface area contributed by atoms with Gasteiger partial charge < -0.3 is 10.2 Å². The van der Waals surface area contributed by atoms with Gasteiger partial charge in [0.1, 0.15) is 0 Å². The van der Waals surface area contributed by atoms with Crippen LogP contribution in [0.3, 0.4) is 0 Å². The number of hydrogen-bond acceptors (Lipinski definition) is 3. The number of carbonyl (C=O) groups excluding carboxylic acids is 1. The molecule has 27 heavy (non-hydrogen) atoms. The Kier molecular flexibility index (Phi) is 6.87. The van der Waals surface area contributed by atoms with Crippen molar-refractivity contribution in [2.45, 2.75) is 52.4 Å². The van der Waals surface area contributed by atoms with Crippen LogP contribution < -0.4 is 5.32 Å². The number of likely N-dealkylation sites (tertiary alicyclic amines) is 1. The summed E-state index contributed by atoms with van der Waals surface area (Å²) < 4.78 is 1.92. The van der Waals surface area contributed by atoms with Crippen LogP contribution in [0.5, 0.6) is 0 Å². The maximum atomic E-state index is 12.5. The molecule has 6 nitrogen and oxygen atoms in total. The minimum Gasteiger partial charge on any atom is -0.334 e. The van der Waals surface area contributed by atoms with E-state index >= 15 is 0 Å². The summed E-state index contributed by atoms with van der Waals surface area (Å²) in [4.78, 5) is 16.7. The molecule has 1 fully saturated rings. The summed E-state index contributed by atoms with van der Waals surface area (Å²) in [6.07, 6.45) is 7.45. The van der Waals surface area contributed by atoms with E-state index in [0.717, 1.165) is 25.1 Å². The highest BCUT2D eigenvalue weighted by Crippen LogP contribution is 2.17. The van der Waals surface area contributed by atoms with E-state index in [2.05, 4.69) is 46.5 Å². The van der Waals surface area contributed by atoms with Gasteiger partial charge in [-0.05, 0) is 43.5 Å². The Bertz CT molecular complexity index is 736. The Balaban J connectivity index is 1.53. The molecule has 6 heteroatoms. The van der Waals surface area contributed by atoms with Crippen LogP contribution in [0, 0.1) is 0 Å². The quantitative estimate of drug-likeness (QED) is 0.777. The van der Waals surface area contributed by atoms with Crippen molar-refractivity contribution in [3.8, 4) is 0 Å². The second kappa shape index (κ2) is 9.55. The average molecular weight is 370 g/mol. The lowest BCUT2D eigenvalue weighted by molar-refractivity contribution is 0.206. The Morgan fingerprint density at radius 2 is 1.96 bits per heavy atom. The number of carbonyl (C=O) groups is 1. The van der Waals surface area contributed by atoms with E-state index in [1.54, 1.807) is 4.90 Å². The van der Waals surface area contributed by atoms with Crippen molar-refractivity contribution in [3.05, 3.63) is 53.3 Å². The number of benzene rings is 1. The smallest absolute Gasteiger partial charge is 0.317 e. The van der Waals surface area contributed by atoms with E-state index in [-0.39, 0.29) is 6.03 Å². The monoisotopic (exact) mass is 369 g/mol. The fraction of sp³-hybridized carbons (Fsp3) is 0.524. The summed E-state index contributed by atoms with van der Waals surface area (Å²) in [5.41, 5.74) is 3.57. The summed E-state index contributed by atoms with van der Waals surface area (Å²) in [7, 11) is 1.85. The van der Waals surface area contributed by atoms with Crippen molar-refractivity contribution in [2.24, 2.45) is 0 Å². The molecule has 0 aliphatic carbocycles.